The summed E-state index contributed by atoms with van der Waals surface area (Å²) in [5, 5.41) is 3.04. The lowest BCUT2D eigenvalue weighted by atomic mass is 9.95. The molecule has 0 aromatic heterocycles. The summed E-state index contributed by atoms with van der Waals surface area (Å²) < 4.78 is 14.1. The Hall–Kier alpha value is -2.40. The fourth-order valence-electron chi connectivity index (χ4n) is 3.16. The first-order chi connectivity index (χ1) is 11.5. The molecule has 1 atom stereocenters. The van der Waals surface area contributed by atoms with E-state index in [1.807, 2.05) is 25.2 Å². The normalized spacial score (nSPS) is 17.2. The van der Waals surface area contributed by atoms with Crippen LogP contribution >= 0.6 is 0 Å². The Bertz CT molecular complexity index is 760. The van der Waals surface area contributed by atoms with Gasteiger partial charge >= 0.3 is 0 Å². The van der Waals surface area contributed by atoms with Gasteiger partial charge in [0.05, 0.1) is 11.7 Å². The summed E-state index contributed by atoms with van der Waals surface area (Å²) in [4.78, 5) is 16.4. The summed E-state index contributed by atoms with van der Waals surface area (Å²) >= 11 is 0. The summed E-state index contributed by atoms with van der Waals surface area (Å²) in [5.41, 5.74) is 3.15. The van der Waals surface area contributed by atoms with Crippen LogP contribution in [-0.2, 0) is 6.54 Å². The molecule has 0 aliphatic carbocycles. The van der Waals surface area contributed by atoms with Gasteiger partial charge in [-0.1, -0.05) is 24.3 Å². The second-order valence-corrected chi connectivity index (χ2v) is 6.48. The van der Waals surface area contributed by atoms with Gasteiger partial charge in [-0.2, -0.15) is 0 Å². The molecule has 2 aromatic rings. The average molecular weight is 327 g/mol. The molecule has 1 amide bonds. The van der Waals surface area contributed by atoms with E-state index in [0.717, 1.165) is 18.7 Å². The van der Waals surface area contributed by atoms with Gasteiger partial charge in [0, 0.05) is 32.7 Å². The molecule has 0 bridgehead atoms. The van der Waals surface area contributed by atoms with Crippen molar-refractivity contribution in [2.45, 2.75) is 12.6 Å². The SMILES string of the molecule is CN1Cc2ccccc2C(NC(=O)c2ccc(N(C)C)c(F)c2)C1. The Labute approximate surface area is 141 Å². The second-order valence-electron chi connectivity index (χ2n) is 6.48. The molecule has 1 heterocycles. The van der Waals surface area contributed by atoms with Gasteiger partial charge in [0.25, 0.3) is 5.91 Å². The molecule has 0 spiro atoms. The van der Waals surface area contributed by atoms with Crippen LogP contribution in [0.5, 0.6) is 0 Å². The Morgan fingerprint density at radius 1 is 1.25 bits per heavy atom. The number of carbonyl (C=O) groups excluding carboxylic acids is 1. The molecule has 1 aliphatic rings. The van der Waals surface area contributed by atoms with Crippen LogP contribution in [0.15, 0.2) is 42.5 Å². The van der Waals surface area contributed by atoms with Crippen molar-refractivity contribution >= 4 is 11.6 Å². The summed E-state index contributed by atoms with van der Waals surface area (Å²) in [6.07, 6.45) is 0. The highest BCUT2D eigenvalue weighted by Gasteiger charge is 2.25. The first kappa shape index (κ1) is 16.5. The van der Waals surface area contributed by atoms with Crippen molar-refractivity contribution in [2.75, 3.05) is 32.6 Å². The van der Waals surface area contributed by atoms with E-state index in [4.69, 9.17) is 0 Å². The largest absolute Gasteiger partial charge is 0.375 e. The number of hydrogen-bond acceptors (Lipinski definition) is 3. The van der Waals surface area contributed by atoms with Crippen LogP contribution in [0.1, 0.15) is 27.5 Å². The topological polar surface area (TPSA) is 35.6 Å². The molecule has 0 saturated carbocycles. The molecule has 5 heteroatoms. The monoisotopic (exact) mass is 327 g/mol. The quantitative estimate of drug-likeness (QED) is 0.942. The lowest BCUT2D eigenvalue weighted by Gasteiger charge is -2.32. The second kappa shape index (κ2) is 6.61. The molecule has 2 aromatic carbocycles. The summed E-state index contributed by atoms with van der Waals surface area (Å²) in [6, 6.07) is 12.6. The van der Waals surface area contributed by atoms with Gasteiger partial charge < -0.3 is 10.2 Å². The Morgan fingerprint density at radius 3 is 2.71 bits per heavy atom. The molecule has 0 saturated heterocycles. The number of nitrogens with one attached hydrogen (secondary N) is 1. The van der Waals surface area contributed by atoms with Gasteiger partial charge in [-0.15, -0.1) is 0 Å². The molecule has 1 aliphatic heterocycles. The third-order valence-electron chi connectivity index (χ3n) is 4.36. The predicted molar refractivity (Wildman–Crippen MR) is 93.7 cm³/mol. The maximum absolute atomic E-state index is 14.1. The number of nitrogens with zero attached hydrogens (tertiary/aromatic N) is 2. The fourth-order valence-corrected chi connectivity index (χ4v) is 3.16. The van der Waals surface area contributed by atoms with Crippen LogP contribution in [0, 0.1) is 5.82 Å². The van der Waals surface area contributed by atoms with Gasteiger partial charge in [0.2, 0.25) is 0 Å². The van der Waals surface area contributed by atoms with E-state index in [0.29, 0.717) is 11.3 Å². The van der Waals surface area contributed by atoms with Crippen LogP contribution in [-0.4, -0.2) is 38.5 Å². The van der Waals surface area contributed by atoms with E-state index < -0.39 is 5.82 Å². The summed E-state index contributed by atoms with van der Waals surface area (Å²) in [7, 11) is 5.57. The van der Waals surface area contributed by atoms with Crippen molar-refractivity contribution in [3.8, 4) is 0 Å². The maximum Gasteiger partial charge on any atom is 0.251 e. The van der Waals surface area contributed by atoms with E-state index in [-0.39, 0.29) is 11.9 Å². The van der Waals surface area contributed by atoms with Crippen LogP contribution in [0.25, 0.3) is 0 Å². The van der Waals surface area contributed by atoms with Crippen LogP contribution in [0.2, 0.25) is 0 Å². The minimum absolute atomic E-state index is 0.0935. The van der Waals surface area contributed by atoms with E-state index in [2.05, 4.69) is 16.3 Å². The van der Waals surface area contributed by atoms with Gasteiger partial charge in [0.1, 0.15) is 5.82 Å². The molecule has 1 unspecified atom stereocenters. The summed E-state index contributed by atoms with van der Waals surface area (Å²) in [5.74, 6) is -0.650. The number of benzene rings is 2. The maximum atomic E-state index is 14.1. The first-order valence-electron chi connectivity index (χ1n) is 8.00. The molecule has 0 fully saturated rings. The highest BCUT2D eigenvalue weighted by atomic mass is 19.1. The van der Waals surface area contributed by atoms with Gasteiger partial charge in [-0.3, -0.25) is 9.69 Å². The smallest absolute Gasteiger partial charge is 0.251 e. The van der Waals surface area contributed by atoms with Crippen LogP contribution in [0.3, 0.4) is 0 Å². The number of carbonyl (C=O) groups is 1. The third-order valence-corrected chi connectivity index (χ3v) is 4.36. The Morgan fingerprint density at radius 2 is 2.00 bits per heavy atom. The lowest BCUT2D eigenvalue weighted by Crippen LogP contribution is -2.40. The van der Waals surface area contributed by atoms with Crippen molar-refractivity contribution in [1.29, 1.82) is 0 Å². The van der Waals surface area contributed by atoms with E-state index in [1.165, 1.54) is 11.6 Å². The number of halogens is 1. The van der Waals surface area contributed by atoms with E-state index in [1.54, 1.807) is 31.1 Å². The Balaban J connectivity index is 1.81. The zero-order valence-corrected chi connectivity index (χ0v) is 14.2. The first-order valence-corrected chi connectivity index (χ1v) is 8.00. The molecule has 0 radical (unpaired) electrons. The molecular weight excluding hydrogens is 305 g/mol. The summed E-state index contributed by atoms with van der Waals surface area (Å²) in [6.45, 7) is 1.61. The van der Waals surface area contributed by atoms with Crippen molar-refractivity contribution in [3.63, 3.8) is 0 Å². The fraction of sp³-hybridized carbons (Fsp3) is 0.316. The minimum Gasteiger partial charge on any atom is -0.375 e. The minimum atomic E-state index is -0.395. The van der Waals surface area contributed by atoms with Gasteiger partial charge in [-0.25, -0.2) is 4.39 Å². The number of anilines is 1. The van der Waals surface area contributed by atoms with Crippen LogP contribution < -0.4 is 10.2 Å². The highest BCUT2D eigenvalue weighted by Crippen LogP contribution is 2.26. The average Bonchev–Trinajstić information content (AvgIpc) is 2.54. The number of rotatable bonds is 3. The zero-order valence-electron chi connectivity index (χ0n) is 14.2. The number of amides is 1. The van der Waals surface area contributed by atoms with Crippen molar-refractivity contribution in [1.82, 2.24) is 10.2 Å². The predicted octanol–water partition coefficient (Wildman–Crippen LogP) is 2.81. The van der Waals surface area contributed by atoms with Crippen molar-refractivity contribution < 1.29 is 9.18 Å². The Kier molecular flexibility index (Phi) is 4.53. The molecule has 126 valence electrons. The molecule has 4 nitrogen and oxygen atoms in total. The molecular formula is C19H22FN3O. The van der Waals surface area contributed by atoms with Crippen LogP contribution in [0.4, 0.5) is 10.1 Å². The van der Waals surface area contributed by atoms with Crippen molar-refractivity contribution in [3.05, 3.63) is 65.0 Å². The zero-order chi connectivity index (χ0) is 17.3. The molecule has 24 heavy (non-hydrogen) atoms. The number of hydrogen-bond donors (Lipinski definition) is 1. The van der Waals surface area contributed by atoms with Crippen molar-refractivity contribution in [2.24, 2.45) is 0 Å². The molecule has 1 N–H and O–H groups in total. The highest BCUT2D eigenvalue weighted by molar-refractivity contribution is 5.95. The lowest BCUT2D eigenvalue weighted by molar-refractivity contribution is 0.0921. The molecule has 3 rings (SSSR count). The third kappa shape index (κ3) is 3.26. The number of fused-ring (bicyclic) bond motifs is 1. The number of likely N-dealkylation sites (N-methyl/N-ethyl adjacent to an activating group) is 1. The van der Waals surface area contributed by atoms with Gasteiger partial charge in [0.15, 0.2) is 0 Å². The van der Waals surface area contributed by atoms with E-state index in [9.17, 15) is 9.18 Å². The van der Waals surface area contributed by atoms with Gasteiger partial charge in [-0.05, 0) is 36.4 Å². The van der Waals surface area contributed by atoms with E-state index >= 15 is 0 Å². The standard InChI is InChI=1S/C19H22FN3O/c1-22(2)18-9-8-13(10-16(18)20)19(24)21-17-12-23(3)11-14-6-4-5-7-15(14)17/h4-10,17H,11-12H2,1-3H3,(H,21,24).